The van der Waals surface area contributed by atoms with E-state index in [1.807, 2.05) is 32.2 Å². The minimum absolute atomic E-state index is 0.0626. The lowest BCUT2D eigenvalue weighted by Gasteiger charge is -2.22. The molecule has 0 atom stereocenters. The number of carbonyl (C=O) groups is 1. The van der Waals surface area contributed by atoms with Crippen LogP contribution in [0.1, 0.15) is 48.0 Å². The van der Waals surface area contributed by atoms with Crippen LogP contribution >= 0.6 is 0 Å². The summed E-state index contributed by atoms with van der Waals surface area (Å²) in [7, 11) is 1.89. The summed E-state index contributed by atoms with van der Waals surface area (Å²) < 4.78 is 0. The molecule has 1 aromatic rings. The van der Waals surface area contributed by atoms with Gasteiger partial charge < -0.3 is 10.6 Å². The molecule has 0 radical (unpaired) electrons. The van der Waals surface area contributed by atoms with E-state index in [2.05, 4.69) is 10.6 Å². The molecule has 0 heterocycles. The van der Waals surface area contributed by atoms with Crippen LogP contribution in [0.3, 0.4) is 0 Å². The van der Waals surface area contributed by atoms with Crippen molar-refractivity contribution >= 4 is 11.6 Å². The fourth-order valence-corrected chi connectivity index (χ4v) is 2.60. The van der Waals surface area contributed by atoms with E-state index in [1.54, 1.807) is 0 Å². The predicted molar refractivity (Wildman–Crippen MR) is 75.1 cm³/mol. The third kappa shape index (κ3) is 3.03. The zero-order chi connectivity index (χ0) is 13.0. The molecule has 0 unspecified atom stereocenters. The zero-order valence-electron chi connectivity index (χ0n) is 11.3. The summed E-state index contributed by atoms with van der Waals surface area (Å²) in [5.41, 5.74) is 2.94. The first kappa shape index (κ1) is 12.9. The standard InChI is InChI=1S/C15H22N2O/c1-11-10-12(8-9-14(11)16-2)15(18)17-13-6-4-3-5-7-13/h8-10,13,16H,3-7H2,1-2H3,(H,17,18). The van der Waals surface area contributed by atoms with Gasteiger partial charge in [0.05, 0.1) is 0 Å². The van der Waals surface area contributed by atoms with Crippen molar-refractivity contribution in [3.63, 3.8) is 0 Å². The first-order valence-corrected chi connectivity index (χ1v) is 6.80. The van der Waals surface area contributed by atoms with E-state index < -0.39 is 0 Å². The second-order valence-corrected chi connectivity index (χ2v) is 5.09. The molecule has 0 saturated heterocycles. The Morgan fingerprint density at radius 1 is 1.22 bits per heavy atom. The maximum Gasteiger partial charge on any atom is 0.251 e. The third-order valence-electron chi connectivity index (χ3n) is 3.70. The number of hydrogen-bond acceptors (Lipinski definition) is 2. The zero-order valence-corrected chi connectivity index (χ0v) is 11.3. The first-order valence-electron chi connectivity index (χ1n) is 6.80. The van der Waals surface area contributed by atoms with Gasteiger partial charge in [0.2, 0.25) is 0 Å². The number of rotatable bonds is 3. The summed E-state index contributed by atoms with van der Waals surface area (Å²) in [6, 6.07) is 6.17. The van der Waals surface area contributed by atoms with E-state index in [9.17, 15) is 4.79 Å². The summed E-state index contributed by atoms with van der Waals surface area (Å²) >= 11 is 0. The highest BCUT2D eigenvalue weighted by Crippen LogP contribution is 2.19. The van der Waals surface area contributed by atoms with Gasteiger partial charge in [0, 0.05) is 24.3 Å². The van der Waals surface area contributed by atoms with Crippen LogP contribution in [-0.4, -0.2) is 19.0 Å². The minimum atomic E-state index is 0.0626. The van der Waals surface area contributed by atoms with Crippen LogP contribution in [0.4, 0.5) is 5.69 Å². The van der Waals surface area contributed by atoms with Gasteiger partial charge in [-0.2, -0.15) is 0 Å². The molecule has 0 bridgehead atoms. The summed E-state index contributed by atoms with van der Waals surface area (Å²) in [6.07, 6.45) is 6.03. The summed E-state index contributed by atoms with van der Waals surface area (Å²) in [4.78, 5) is 12.1. The van der Waals surface area contributed by atoms with Crippen LogP contribution in [0.2, 0.25) is 0 Å². The van der Waals surface area contributed by atoms with E-state index in [-0.39, 0.29) is 5.91 Å². The Labute approximate surface area is 109 Å². The first-order chi connectivity index (χ1) is 8.70. The van der Waals surface area contributed by atoms with Crippen molar-refractivity contribution < 1.29 is 4.79 Å². The van der Waals surface area contributed by atoms with Crippen LogP contribution < -0.4 is 10.6 Å². The quantitative estimate of drug-likeness (QED) is 0.860. The van der Waals surface area contributed by atoms with E-state index in [4.69, 9.17) is 0 Å². The van der Waals surface area contributed by atoms with Crippen molar-refractivity contribution in [3.05, 3.63) is 29.3 Å². The van der Waals surface area contributed by atoms with Gasteiger partial charge in [0.15, 0.2) is 0 Å². The Kier molecular flexibility index (Phi) is 4.24. The molecule has 3 heteroatoms. The lowest BCUT2D eigenvalue weighted by Crippen LogP contribution is -2.36. The van der Waals surface area contributed by atoms with E-state index in [0.29, 0.717) is 6.04 Å². The Morgan fingerprint density at radius 3 is 2.56 bits per heavy atom. The molecule has 1 aromatic carbocycles. The van der Waals surface area contributed by atoms with Gasteiger partial charge in [-0.25, -0.2) is 0 Å². The van der Waals surface area contributed by atoms with Crippen LogP contribution in [0.15, 0.2) is 18.2 Å². The van der Waals surface area contributed by atoms with Crippen LogP contribution in [0, 0.1) is 6.92 Å². The number of amides is 1. The molecular weight excluding hydrogens is 224 g/mol. The average molecular weight is 246 g/mol. The number of carbonyl (C=O) groups excluding carboxylic acids is 1. The number of nitrogens with one attached hydrogen (secondary N) is 2. The normalized spacial score (nSPS) is 16.3. The van der Waals surface area contributed by atoms with Crippen molar-refractivity contribution in [3.8, 4) is 0 Å². The predicted octanol–water partition coefficient (Wildman–Crippen LogP) is 3.10. The molecule has 18 heavy (non-hydrogen) atoms. The lowest BCUT2D eigenvalue weighted by molar-refractivity contribution is 0.0927. The number of aryl methyl sites for hydroxylation is 1. The SMILES string of the molecule is CNc1ccc(C(=O)NC2CCCCC2)cc1C. The fourth-order valence-electron chi connectivity index (χ4n) is 2.60. The number of hydrogen-bond donors (Lipinski definition) is 2. The second kappa shape index (κ2) is 5.89. The topological polar surface area (TPSA) is 41.1 Å². The highest BCUT2D eigenvalue weighted by Gasteiger charge is 2.16. The molecule has 1 aliphatic carbocycles. The number of anilines is 1. The molecule has 2 rings (SSSR count). The monoisotopic (exact) mass is 246 g/mol. The molecule has 1 saturated carbocycles. The smallest absolute Gasteiger partial charge is 0.251 e. The molecule has 0 aromatic heterocycles. The molecule has 1 amide bonds. The molecule has 0 spiro atoms. The van der Waals surface area contributed by atoms with Crippen molar-refractivity contribution in [2.45, 2.75) is 45.1 Å². The van der Waals surface area contributed by atoms with Gasteiger partial charge in [-0.1, -0.05) is 19.3 Å². The fraction of sp³-hybridized carbons (Fsp3) is 0.533. The van der Waals surface area contributed by atoms with Gasteiger partial charge >= 0.3 is 0 Å². The molecule has 2 N–H and O–H groups in total. The van der Waals surface area contributed by atoms with Gasteiger partial charge in [0.1, 0.15) is 0 Å². The van der Waals surface area contributed by atoms with Gasteiger partial charge in [-0.05, 0) is 43.5 Å². The van der Waals surface area contributed by atoms with Gasteiger partial charge in [0.25, 0.3) is 5.91 Å². The second-order valence-electron chi connectivity index (χ2n) is 5.09. The van der Waals surface area contributed by atoms with Crippen LogP contribution in [0.5, 0.6) is 0 Å². The summed E-state index contributed by atoms with van der Waals surface area (Å²) in [5.74, 6) is 0.0626. The van der Waals surface area contributed by atoms with Gasteiger partial charge in [-0.15, -0.1) is 0 Å². The van der Waals surface area contributed by atoms with Crippen LogP contribution in [-0.2, 0) is 0 Å². The maximum absolute atomic E-state index is 12.1. The van der Waals surface area contributed by atoms with Crippen molar-refractivity contribution in [2.75, 3.05) is 12.4 Å². The molecule has 1 fully saturated rings. The summed E-state index contributed by atoms with van der Waals surface area (Å²) in [5, 5.41) is 6.25. The average Bonchev–Trinajstić information content (AvgIpc) is 2.39. The van der Waals surface area contributed by atoms with Gasteiger partial charge in [-0.3, -0.25) is 4.79 Å². The van der Waals surface area contributed by atoms with E-state index in [1.165, 1.54) is 19.3 Å². The van der Waals surface area contributed by atoms with E-state index >= 15 is 0 Å². The molecule has 98 valence electrons. The molecular formula is C15H22N2O. The third-order valence-corrected chi connectivity index (χ3v) is 3.70. The lowest BCUT2D eigenvalue weighted by atomic mass is 9.95. The Bertz CT molecular complexity index is 423. The maximum atomic E-state index is 12.1. The Morgan fingerprint density at radius 2 is 1.94 bits per heavy atom. The largest absolute Gasteiger partial charge is 0.388 e. The molecule has 0 aliphatic heterocycles. The highest BCUT2D eigenvalue weighted by molar-refractivity contribution is 5.95. The Balaban J connectivity index is 2.01. The molecule has 1 aliphatic rings. The number of benzene rings is 1. The van der Waals surface area contributed by atoms with Crippen molar-refractivity contribution in [1.82, 2.24) is 5.32 Å². The van der Waals surface area contributed by atoms with Crippen molar-refractivity contribution in [1.29, 1.82) is 0 Å². The van der Waals surface area contributed by atoms with Crippen LogP contribution in [0.25, 0.3) is 0 Å². The van der Waals surface area contributed by atoms with Crippen molar-refractivity contribution in [2.24, 2.45) is 0 Å². The highest BCUT2D eigenvalue weighted by atomic mass is 16.1. The van der Waals surface area contributed by atoms with E-state index in [0.717, 1.165) is 29.7 Å². The molecule has 3 nitrogen and oxygen atoms in total. The Hall–Kier alpha value is -1.51. The summed E-state index contributed by atoms with van der Waals surface area (Å²) in [6.45, 7) is 2.02. The minimum Gasteiger partial charge on any atom is -0.388 e.